The fraction of sp³-hybridized carbons (Fsp3) is 0.316. The maximum absolute atomic E-state index is 13.8. The lowest BCUT2D eigenvalue weighted by Crippen LogP contribution is -2.49. The van der Waals surface area contributed by atoms with Crippen molar-refractivity contribution in [2.24, 2.45) is 0 Å². The number of hydrogen-bond donors (Lipinski definition) is 2. The molecule has 28 heavy (non-hydrogen) atoms. The quantitative estimate of drug-likeness (QED) is 0.801. The van der Waals surface area contributed by atoms with E-state index in [1.54, 1.807) is 11.1 Å². The number of piperazine rings is 1. The molecule has 1 aliphatic heterocycles. The second kappa shape index (κ2) is 9.36. The van der Waals surface area contributed by atoms with Gasteiger partial charge in [-0.15, -0.1) is 0 Å². The van der Waals surface area contributed by atoms with E-state index in [-0.39, 0.29) is 29.6 Å². The number of nitrogens with one attached hydrogen (secondary N) is 2. The smallest absolute Gasteiger partial charge is 0.319 e. The van der Waals surface area contributed by atoms with Crippen molar-refractivity contribution in [1.29, 1.82) is 0 Å². The highest BCUT2D eigenvalue weighted by Crippen LogP contribution is 2.21. The van der Waals surface area contributed by atoms with E-state index in [0.29, 0.717) is 26.2 Å². The highest BCUT2D eigenvalue weighted by Gasteiger charge is 2.21. The lowest BCUT2D eigenvalue weighted by molar-refractivity contribution is -0.131. The molecule has 2 aromatic rings. The van der Waals surface area contributed by atoms with Crippen LogP contribution in [0.5, 0.6) is 0 Å². The number of amides is 3. The van der Waals surface area contributed by atoms with Crippen LogP contribution in [0.15, 0.2) is 42.6 Å². The van der Waals surface area contributed by atoms with E-state index in [0.717, 1.165) is 5.82 Å². The lowest BCUT2D eigenvalue weighted by Gasteiger charge is -2.35. The first-order valence-electron chi connectivity index (χ1n) is 8.97. The molecule has 0 bridgehead atoms. The van der Waals surface area contributed by atoms with Crippen LogP contribution in [0, 0.1) is 5.82 Å². The van der Waals surface area contributed by atoms with Crippen molar-refractivity contribution >= 4 is 35.0 Å². The van der Waals surface area contributed by atoms with Crippen LogP contribution < -0.4 is 15.5 Å². The summed E-state index contributed by atoms with van der Waals surface area (Å²) in [5, 5.41) is 4.86. The highest BCUT2D eigenvalue weighted by atomic mass is 35.5. The molecule has 3 rings (SSSR count). The van der Waals surface area contributed by atoms with Crippen molar-refractivity contribution in [1.82, 2.24) is 15.2 Å². The average molecular weight is 406 g/mol. The number of aromatic nitrogens is 1. The maximum Gasteiger partial charge on any atom is 0.319 e. The molecule has 0 unspecified atom stereocenters. The van der Waals surface area contributed by atoms with E-state index in [1.807, 2.05) is 18.2 Å². The third kappa shape index (κ3) is 5.10. The van der Waals surface area contributed by atoms with E-state index in [9.17, 15) is 14.0 Å². The summed E-state index contributed by atoms with van der Waals surface area (Å²) in [7, 11) is 0. The Hall–Kier alpha value is -2.87. The number of nitrogens with zero attached hydrogens (tertiary/aromatic N) is 3. The maximum atomic E-state index is 13.8. The molecule has 1 fully saturated rings. The summed E-state index contributed by atoms with van der Waals surface area (Å²) in [6.07, 6.45) is 1.92. The van der Waals surface area contributed by atoms with E-state index in [2.05, 4.69) is 20.5 Å². The minimum absolute atomic E-state index is 0.0121. The van der Waals surface area contributed by atoms with E-state index in [1.165, 1.54) is 18.2 Å². The molecule has 0 aliphatic carbocycles. The molecule has 0 spiro atoms. The van der Waals surface area contributed by atoms with E-state index in [4.69, 9.17) is 11.6 Å². The normalized spacial score (nSPS) is 13.9. The Kier molecular flexibility index (Phi) is 6.65. The Balaban J connectivity index is 1.39. The van der Waals surface area contributed by atoms with Crippen LogP contribution in [0.1, 0.15) is 6.42 Å². The molecule has 0 atom stereocenters. The number of rotatable bonds is 5. The average Bonchev–Trinajstić information content (AvgIpc) is 2.72. The van der Waals surface area contributed by atoms with Gasteiger partial charge in [0.25, 0.3) is 0 Å². The van der Waals surface area contributed by atoms with Crippen molar-refractivity contribution in [3.05, 3.63) is 53.4 Å². The Labute approximate surface area is 167 Å². The molecule has 1 aromatic heterocycles. The summed E-state index contributed by atoms with van der Waals surface area (Å²) >= 11 is 5.67. The molecule has 9 heteroatoms. The Morgan fingerprint density at radius 1 is 1.11 bits per heavy atom. The standard InChI is InChI=1S/C19H21ClFN5O2/c20-14-4-3-5-15(18(14)21)24-19(28)23-9-7-17(27)26-12-10-25(11-13-26)16-6-1-2-8-22-16/h1-6,8H,7,9-13H2,(H2,23,24,28). The molecule has 0 saturated carbocycles. The van der Waals surface area contributed by atoms with Crippen LogP contribution in [-0.4, -0.2) is 54.5 Å². The zero-order chi connectivity index (χ0) is 19.9. The number of urea groups is 1. The van der Waals surface area contributed by atoms with Gasteiger partial charge in [0.05, 0.1) is 10.7 Å². The summed E-state index contributed by atoms with van der Waals surface area (Å²) in [6, 6.07) is 9.50. The molecule has 1 aromatic carbocycles. The van der Waals surface area contributed by atoms with Crippen LogP contribution in [0.25, 0.3) is 0 Å². The molecular weight excluding hydrogens is 385 g/mol. The summed E-state index contributed by atoms with van der Waals surface area (Å²) in [5.41, 5.74) is -0.0121. The Morgan fingerprint density at radius 2 is 1.89 bits per heavy atom. The Morgan fingerprint density at radius 3 is 2.61 bits per heavy atom. The topological polar surface area (TPSA) is 77.6 Å². The second-order valence-corrected chi connectivity index (χ2v) is 6.70. The van der Waals surface area contributed by atoms with Gasteiger partial charge in [-0.05, 0) is 24.3 Å². The molecule has 3 amide bonds. The van der Waals surface area contributed by atoms with Gasteiger partial charge < -0.3 is 20.4 Å². The zero-order valence-electron chi connectivity index (χ0n) is 15.2. The van der Waals surface area contributed by atoms with E-state index < -0.39 is 11.8 Å². The number of hydrogen-bond acceptors (Lipinski definition) is 4. The van der Waals surface area contributed by atoms with Gasteiger partial charge in [0.2, 0.25) is 5.91 Å². The molecule has 1 saturated heterocycles. The van der Waals surface area contributed by atoms with Gasteiger partial charge >= 0.3 is 6.03 Å². The van der Waals surface area contributed by atoms with Crippen molar-refractivity contribution in [2.45, 2.75) is 6.42 Å². The minimum atomic E-state index is -0.693. The third-order valence-corrected chi connectivity index (χ3v) is 4.72. The number of carbonyl (C=O) groups is 2. The summed E-state index contributed by atoms with van der Waals surface area (Å²) < 4.78 is 13.8. The van der Waals surface area contributed by atoms with Crippen LogP contribution in [0.3, 0.4) is 0 Å². The molecule has 2 N–H and O–H groups in total. The van der Waals surface area contributed by atoms with Gasteiger partial charge in [-0.3, -0.25) is 4.79 Å². The van der Waals surface area contributed by atoms with Crippen molar-refractivity contribution in [2.75, 3.05) is 42.9 Å². The van der Waals surface area contributed by atoms with Crippen molar-refractivity contribution in [3.8, 4) is 0 Å². The molecule has 148 valence electrons. The fourth-order valence-electron chi connectivity index (χ4n) is 2.93. The van der Waals surface area contributed by atoms with Gasteiger partial charge in [0, 0.05) is 45.3 Å². The van der Waals surface area contributed by atoms with Crippen LogP contribution in [-0.2, 0) is 4.79 Å². The SMILES string of the molecule is O=C(NCCC(=O)N1CCN(c2ccccn2)CC1)Nc1cccc(Cl)c1F. The zero-order valence-corrected chi connectivity index (χ0v) is 16.0. The van der Waals surface area contributed by atoms with Crippen LogP contribution in [0.2, 0.25) is 5.02 Å². The molecule has 1 aliphatic rings. The van der Waals surface area contributed by atoms with Crippen molar-refractivity contribution in [3.63, 3.8) is 0 Å². The third-order valence-electron chi connectivity index (χ3n) is 4.43. The number of halogens is 2. The second-order valence-electron chi connectivity index (χ2n) is 6.29. The van der Waals surface area contributed by atoms with Crippen LogP contribution in [0.4, 0.5) is 20.7 Å². The first-order valence-corrected chi connectivity index (χ1v) is 9.35. The fourth-order valence-corrected chi connectivity index (χ4v) is 3.11. The van der Waals surface area contributed by atoms with Gasteiger partial charge in [0.1, 0.15) is 5.82 Å². The summed E-state index contributed by atoms with van der Waals surface area (Å²) in [6.45, 7) is 2.80. The van der Waals surface area contributed by atoms with Gasteiger partial charge in [-0.2, -0.15) is 0 Å². The summed E-state index contributed by atoms with van der Waals surface area (Å²) in [5.74, 6) is 0.178. The van der Waals surface area contributed by atoms with Crippen molar-refractivity contribution < 1.29 is 14.0 Å². The number of pyridine rings is 1. The largest absolute Gasteiger partial charge is 0.353 e. The predicted octanol–water partition coefficient (Wildman–Crippen LogP) is 2.73. The highest BCUT2D eigenvalue weighted by molar-refractivity contribution is 6.31. The van der Waals surface area contributed by atoms with Gasteiger partial charge in [-0.1, -0.05) is 23.7 Å². The summed E-state index contributed by atoms with van der Waals surface area (Å²) in [4.78, 5) is 32.4. The first kappa shape index (κ1) is 19.9. The van der Waals surface area contributed by atoms with E-state index >= 15 is 0 Å². The van der Waals surface area contributed by atoms with Crippen LogP contribution >= 0.6 is 11.6 Å². The Bertz CT molecular complexity index is 828. The lowest BCUT2D eigenvalue weighted by atomic mass is 10.2. The molecule has 0 radical (unpaired) electrons. The first-order chi connectivity index (χ1) is 13.5. The van der Waals surface area contributed by atoms with Gasteiger partial charge in [0.15, 0.2) is 5.82 Å². The molecule has 7 nitrogen and oxygen atoms in total. The number of carbonyl (C=O) groups excluding carboxylic acids is 2. The van der Waals surface area contributed by atoms with Gasteiger partial charge in [-0.25, -0.2) is 14.2 Å². The predicted molar refractivity (Wildman–Crippen MR) is 106 cm³/mol. The number of anilines is 2. The number of benzene rings is 1. The monoisotopic (exact) mass is 405 g/mol. The molecule has 2 heterocycles. The minimum Gasteiger partial charge on any atom is -0.353 e. The molecular formula is C19H21ClFN5O2.